The van der Waals surface area contributed by atoms with Crippen LogP contribution in [0, 0.1) is 13.8 Å². The highest BCUT2D eigenvalue weighted by molar-refractivity contribution is 7.12. The van der Waals surface area contributed by atoms with E-state index in [9.17, 15) is 9.59 Å². The standard InChI is InChI=1S/C34H37F6NO4S/c1-6-7-8-11-16-41-21(4)28(24-13-9-10-14-26(24)41)30-29(32(35,36)34(39,40)33(30,37)38)25-18-23(46-22(25)5)19-45-27(42)15-12-17-44-31(43)20(2)3/h9-10,13-14,18H,2,6-8,11-12,15-17,19H2,1,3-5H3. The number of hydrogen-bond donors (Lipinski definition) is 0. The lowest BCUT2D eigenvalue weighted by atomic mass is 9.93. The lowest BCUT2D eigenvalue weighted by molar-refractivity contribution is -0.254. The first-order valence-corrected chi connectivity index (χ1v) is 15.9. The van der Waals surface area contributed by atoms with E-state index in [0.29, 0.717) is 18.5 Å². The summed E-state index contributed by atoms with van der Waals surface area (Å²) < 4.78 is 105. The van der Waals surface area contributed by atoms with Crippen molar-refractivity contribution in [3.8, 4) is 0 Å². The molecule has 0 saturated heterocycles. The summed E-state index contributed by atoms with van der Waals surface area (Å²) >= 11 is 0.887. The second-order valence-electron chi connectivity index (χ2n) is 11.5. The van der Waals surface area contributed by atoms with Gasteiger partial charge in [-0.3, -0.25) is 4.79 Å². The second kappa shape index (κ2) is 13.7. The van der Waals surface area contributed by atoms with Crippen LogP contribution >= 0.6 is 11.3 Å². The highest BCUT2D eigenvalue weighted by Crippen LogP contribution is 2.66. The monoisotopic (exact) mass is 669 g/mol. The summed E-state index contributed by atoms with van der Waals surface area (Å²) in [7, 11) is 0. The van der Waals surface area contributed by atoms with Gasteiger partial charge in [0.05, 0.1) is 6.61 Å². The molecule has 0 bridgehead atoms. The SMILES string of the molecule is C=C(C)C(=O)OCCCC(=O)OCc1cc(C2=C(c3c(C)n(CCCCCC)c4ccccc34)C(F)(F)C(F)(F)C2(F)F)c(C)s1. The number of esters is 2. The predicted octanol–water partition coefficient (Wildman–Crippen LogP) is 9.67. The Balaban J connectivity index is 1.72. The van der Waals surface area contributed by atoms with Gasteiger partial charge in [0.15, 0.2) is 0 Å². The van der Waals surface area contributed by atoms with E-state index >= 15 is 26.3 Å². The summed E-state index contributed by atoms with van der Waals surface area (Å²) in [6.07, 6.45) is 3.53. The van der Waals surface area contributed by atoms with Crippen molar-refractivity contribution in [1.29, 1.82) is 0 Å². The van der Waals surface area contributed by atoms with Crippen LogP contribution in [-0.2, 0) is 32.2 Å². The molecular weight excluding hydrogens is 632 g/mol. The summed E-state index contributed by atoms with van der Waals surface area (Å²) in [6.45, 7) is 9.82. The number of allylic oxidation sites excluding steroid dienone is 2. The minimum absolute atomic E-state index is 0.0495. The molecule has 0 amide bonds. The molecule has 0 spiro atoms. The maximum absolute atomic E-state index is 15.8. The molecule has 3 aromatic rings. The van der Waals surface area contributed by atoms with Gasteiger partial charge >= 0.3 is 29.7 Å². The second-order valence-corrected chi connectivity index (χ2v) is 12.9. The molecule has 5 nitrogen and oxygen atoms in total. The lowest BCUT2D eigenvalue weighted by Gasteiger charge is -2.26. The van der Waals surface area contributed by atoms with Crippen molar-refractivity contribution in [3.63, 3.8) is 0 Å². The first-order valence-electron chi connectivity index (χ1n) is 15.1. The third-order valence-corrected chi connectivity index (χ3v) is 9.13. The number of fused-ring (bicyclic) bond motifs is 1. The Morgan fingerprint density at radius 3 is 2.28 bits per heavy atom. The van der Waals surface area contributed by atoms with Gasteiger partial charge in [-0.05, 0) is 51.3 Å². The third kappa shape index (κ3) is 6.37. The molecule has 4 rings (SSSR count). The third-order valence-electron chi connectivity index (χ3n) is 8.10. The quantitative estimate of drug-likeness (QED) is 0.0743. The van der Waals surface area contributed by atoms with Crippen molar-refractivity contribution >= 4 is 45.3 Å². The number of aromatic nitrogens is 1. The summed E-state index contributed by atoms with van der Waals surface area (Å²) in [5.74, 6) is -17.4. The molecule has 0 saturated carbocycles. The topological polar surface area (TPSA) is 57.5 Å². The number of aryl methyl sites for hydroxylation is 2. The molecule has 1 aliphatic rings. The number of rotatable bonds is 14. The van der Waals surface area contributed by atoms with Crippen LogP contribution in [0.15, 0.2) is 42.5 Å². The fourth-order valence-electron chi connectivity index (χ4n) is 5.73. The van der Waals surface area contributed by atoms with E-state index in [1.165, 1.54) is 26.8 Å². The van der Waals surface area contributed by atoms with E-state index in [2.05, 4.69) is 6.58 Å². The van der Waals surface area contributed by atoms with Crippen molar-refractivity contribution < 1.29 is 45.4 Å². The van der Waals surface area contributed by atoms with E-state index in [0.717, 1.165) is 36.7 Å². The Morgan fingerprint density at radius 1 is 0.935 bits per heavy atom. The molecule has 250 valence electrons. The maximum Gasteiger partial charge on any atom is 0.380 e. The number of carbonyl (C=O) groups excluding carboxylic acids is 2. The lowest BCUT2D eigenvalue weighted by Crippen LogP contribution is -2.49. The molecule has 2 heterocycles. The number of unbranched alkanes of at least 4 members (excludes halogenated alkanes) is 3. The van der Waals surface area contributed by atoms with Crippen LogP contribution in [0.2, 0.25) is 0 Å². The molecule has 1 aliphatic carbocycles. The van der Waals surface area contributed by atoms with Crippen LogP contribution in [-0.4, -0.2) is 40.9 Å². The van der Waals surface area contributed by atoms with Gasteiger partial charge < -0.3 is 14.0 Å². The van der Waals surface area contributed by atoms with Gasteiger partial charge in [0.2, 0.25) is 0 Å². The van der Waals surface area contributed by atoms with Gasteiger partial charge in [-0.15, -0.1) is 11.3 Å². The molecular formula is C34H37F6NO4S. The Hall–Kier alpha value is -3.54. The number of alkyl halides is 6. The molecule has 0 atom stereocenters. The van der Waals surface area contributed by atoms with Crippen LogP contribution in [0.4, 0.5) is 26.3 Å². The molecule has 0 unspecified atom stereocenters. The summed E-state index contributed by atoms with van der Waals surface area (Å²) in [4.78, 5) is 24.0. The number of para-hydroxylation sites is 1. The van der Waals surface area contributed by atoms with E-state index in [1.54, 1.807) is 22.8 Å². The zero-order valence-corrected chi connectivity index (χ0v) is 27.0. The van der Waals surface area contributed by atoms with Gasteiger partial charge in [0, 0.05) is 61.6 Å². The number of carbonyl (C=O) groups is 2. The van der Waals surface area contributed by atoms with Crippen molar-refractivity contribution in [2.45, 2.75) is 97.1 Å². The highest BCUT2D eigenvalue weighted by Gasteiger charge is 2.80. The van der Waals surface area contributed by atoms with Crippen molar-refractivity contribution in [2.24, 2.45) is 0 Å². The zero-order valence-electron chi connectivity index (χ0n) is 26.2. The fourth-order valence-corrected chi connectivity index (χ4v) is 6.69. The molecule has 12 heteroatoms. The Morgan fingerprint density at radius 2 is 1.61 bits per heavy atom. The fraction of sp³-hybridized carbons (Fsp3) is 0.471. The predicted molar refractivity (Wildman–Crippen MR) is 166 cm³/mol. The molecule has 46 heavy (non-hydrogen) atoms. The summed E-state index contributed by atoms with van der Waals surface area (Å²) in [6, 6.07) is 7.51. The van der Waals surface area contributed by atoms with E-state index in [1.807, 2.05) is 6.92 Å². The van der Waals surface area contributed by atoms with E-state index < -0.39 is 46.4 Å². The average molecular weight is 670 g/mol. The van der Waals surface area contributed by atoms with Gasteiger partial charge in [-0.25, -0.2) is 4.79 Å². The number of thiophene rings is 1. The van der Waals surface area contributed by atoms with Crippen LogP contribution in [0.1, 0.15) is 78.9 Å². The van der Waals surface area contributed by atoms with Gasteiger partial charge in [0.25, 0.3) is 0 Å². The normalized spacial score (nSPS) is 16.7. The van der Waals surface area contributed by atoms with Crippen LogP contribution < -0.4 is 0 Å². The van der Waals surface area contributed by atoms with Crippen LogP contribution in [0.3, 0.4) is 0 Å². The zero-order chi connectivity index (χ0) is 34.0. The number of benzene rings is 1. The van der Waals surface area contributed by atoms with Crippen molar-refractivity contribution in [1.82, 2.24) is 4.57 Å². The Bertz CT molecular complexity index is 1670. The first kappa shape index (κ1) is 35.3. The largest absolute Gasteiger partial charge is 0.462 e. The molecule has 0 N–H and O–H groups in total. The number of hydrogen-bond acceptors (Lipinski definition) is 5. The summed E-state index contributed by atoms with van der Waals surface area (Å²) in [5, 5.41) is 0.187. The molecule has 0 radical (unpaired) electrons. The average Bonchev–Trinajstić information content (AvgIpc) is 3.52. The van der Waals surface area contributed by atoms with Crippen LogP contribution in [0.5, 0.6) is 0 Å². The summed E-state index contributed by atoms with van der Waals surface area (Å²) in [5.41, 5.74) is -2.68. The van der Waals surface area contributed by atoms with Crippen molar-refractivity contribution in [3.05, 3.63) is 69.1 Å². The minimum atomic E-state index is -5.70. The van der Waals surface area contributed by atoms with Crippen LogP contribution in [0.25, 0.3) is 22.0 Å². The number of halogens is 6. The maximum atomic E-state index is 15.8. The molecule has 0 aliphatic heterocycles. The van der Waals surface area contributed by atoms with Gasteiger partial charge in [0.1, 0.15) is 6.61 Å². The van der Waals surface area contributed by atoms with Gasteiger partial charge in [-0.2, -0.15) is 26.3 Å². The van der Waals surface area contributed by atoms with Gasteiger partial charge in [-0.1, -0.05) is 51.0 Å². The van der Waals surface area contributed by atoms with E-state index in [-0.39, 0.29) is 58.0 Å². The van der Waals surface area contributed by atoms with E-state index in [4.69, 9.17) is 9.47 Å². The highest BCUT2D eigenvalue weighted by atomic mass is 32.1. The smallest absolute Gasteiger partial charge is 0.380 e. The number of ether oxygens (including phenoxy) is 2. The van der Waals surface area contributed by atoms with Crippen molar-refractivity contribution in [2.75, 3.05) is 6.61 Å². The molecule has 1 aromatic carbocycles. The first-order chi connectivity index (χ1) is 21.6. The molecule has 0 fully saturated rings. The Labute approximate surface area is 267 Å². The molecule has 2 aromatic heterocycles. The minimum Gasteiger partial charge on any atom is -0.462 e. The number of nitrogens with zero attached hydrogens (tertiary/aromatic N) is 1. The Kier molecular flexibility index (Phi) is 10.5.